The Morgan fingerprint density at radius 2 is 1.83 bits per heavy atom. The molecule has 24 heavy (non-hydrogen) atoms. The van der Waals surface area contributed by atoms with Crippen LogP contribution in [-0.4, -0.2) is 77.5 Å². The molecule has 0 spiro atoms. The number of anilines is 1. The number of benzene rings is 1. The highest BCUT2D eigenvalue weighted by molar-refractivity contribution is 7.87. The van der Waals surface area contributed by atoms with E-state index >= 15 is 0 Å². The number of nitrogens with one attached hydrogen (secondary N) is 1. The summed E-state index contributed by atoms with van der Waals surface area (Å²) in [6.07, 6.45) is 0. The molecule has 0 unspecified atom stereocenters. The number of piperazine rings is 1. The molecule has 1 aliphatic rings. The Morgan fingerprint density at radius 1 is 1.21 bits per heavy atom. The van der Waals surface area contributed by atoms with E-state index in [0.29, 0.717) is 26.2 Å². The van der Waals surface area contributed by atoms with Crippen molar-refractivity contribution in [1.29, 1.82) is 0 Å². The molecule has 0 radical (unpaired) electrons. The van der Waals surface area contributed by atoms with Gasteiger partial charge in [-0.1, -0.05) is 12.1 Å². The normalized spacial score (nSPS) is 15.7. The van der Waals surface area contributed by atoms with Crippen molar-refractivity contribution in [3.05, 3.63) is 24.3 Å². The number of methoxy groups -OCH3 is 1. The first-order valence-electron chi connectivity index (χ1n) is 7.68. The highest BCUT2D eigenvalue weighted by Crippen LogP contribution is 2.28. The summed E-state index contributed by atoms with van der Waals surface area (Å²) in [6, 6.07) is 7.76. The number of carbonyl (C=O) groups excluding carboxylic acids is 1. The lowest BCUT2D eigenvalue weighted by Crippen LogP contribution is -2.52. The van der Waals surface area contributed by atoms with Gasteiger partial charge >= 0.3 is 0 Å². The summed E-state index contributed by atoms with van der Waals surface area (Å²) < 4.78 is 32.0. The van der Waals surface area contributed by atoms with Crippen LogP contribution in [0.4, 0.5) is 5.69 Å². The van der Waals surface area contributed by atoms with Gasteiger partial charge in [0, 0.05) is 40.3 Å². The molecule has 0 bridgehead atoms. The molecular formula is C15H24N4O4S. The number of ether oxygens (including phenoxy) is 1. The zero-order chi connectivity index (χ0) is 17.7. The van der Waals surface area contributed by atoms with Crippen molar-refractivity contribution in [2.45, 2.75) is 0 Å². The van der Waals surface area contributed by atoms with Gasteiger partial charge in [-0.3, -0.25) is 4.79 Å². The lowest BCUT2D eigenvalue weighted by molar-refractivity contribution is -0.130. The van der Waals surface area contributed by atoms with Gasteiger partial charge in [0.05, 0.1) is 19.3 Å². The van der Waals surface area contributed by atoms with Crippen molar-refractivity contribution in [2.24, 2.45) is 0 Å². The van der Waals surface area contributed by atoms with Crippen LogP contribution in [0.2, 0.25) is 0 Å². The maximum Gasteiger partial charge on any atom is 0.279 e. The molecule has 9 heteroatoms. The quantitative estimate of drug-likeness (QED) is 0.759. The van der Waals surface area contributed by atoms with E-state index in [2.05, 4.69) is 9.62 Å². The minimum Gasteiger partial charge on any atom is -0.495 e. The van der Waals surface area contributed by atoms with Gasteiger partial charge in [0.25, 0.3) is 10.2 Å². The molecule has 1 N–H and O–H groups in total. The molecule has 1 saturated heterocycles. The molecule has 0 saturated carbocycles. The van der Waals surface area contributed by atoms with E-state index in [1.165, 1.54) is 14.1 Å². The number of rotatable bonds is 6. The van der Waals surface area contributed by atoms with Crippen LogP contribution < -0.4 is 14.4 Å². The van der Waals surface area contributed by atoms with Crippen LogP contribution in [0, 0.1) is 0 Å². The van der Waals surface area contributed by atoms with E-state index in [4.69, 9.17) is 4.74 Å². The van der Waals surface area contributed by atoms with Crippen LogP contribution in [0.25, 0.3) is 0 Å². The lowest BCUT2D eigenvalue weighted by Gasteiger charge is -2.36. The fraction of sp³-hybridized carbons (Fsp3) is 0.533. The van der Waals surface area contributed by atoms with E-state index in [-0.39, 0.29) is 12.5 Å². The Labute approximate surface area is 143 Å². The van der Waals surface area contributed by atoms with Gasteiger partial charge in [-0.15, -0.1) is 0 Å². The van der Waals surface area contributed by atoms with Crippen molar-refractivity contribution in [3.63, 3.8) is 0 Å². The van der Waals surface area contributed by atoms with E-state index in [1.807, 2.05) is 24.3 Å². The van der Waals surface area contributed by atoms with Gasteiger partial charge in [-0.2, -0.15) is 17.4 Å². The second-order valence-corrected chi connectivity index (χ2v) is 7.62. The van der Waals surface area contributed by atoms with Gasteiger partial charge in [0.1, 0.15) is 5.75 Å². The highest BCUT2D eigenvalue weighted by atomic mass is 32.2. The van der Waals surface area contributed by atoms with Gasteiger partial charge in [-0.25, -0.2) is 0 Å². The Hall–Kier alpha value is -1.84. The largest absolute Gasteiger partial charge is 0.495 e. The number of carbonyl (C=O) groups is 1. The predicted octanol–water partition coefficient (Wildman–Crippen LogP) is -0.260. The van der Waals surface area contributed by atoms with Gasteiger partial charge in [0.15, 0.2) is 0 Å². The number of nitrogens with zero attached hydrogens (tertiary/aromatic N) is 3. The second-order valence-electron chi connectivity index (χ2n) is 5.65. The molecule has 0 aliphatic carbocycles. The average Bonchev–Trinajstić information content (AvgIpc) is 2.59. The summed E-state index contributed by atoms with van der Waals surface area (Å²) in [5.74, 6) is 0.580. The molecule has 0 atom stereocenters. The predicted molar refractivity (Wildman–Crippen MR) is 92.4 cm³/mol. The SMILES string of the molecule is COc1ccccc1N1CCN(C(=O)CNS(=O)(=O)N(C)C)CC1. The topological polar surface area (TPSA) is 82.2 Å². The number of para-hydroxylation sites is 2. The van der Waals surface area contributed by atoms with E-state index < -0.39 is 10.2 Å². The smallest absolute Gasteiger partial charge is 0.279 e. The molecular weight excluding hydrogens is 332 g/mol. The molecule has 1 heterocycles. The lowest BCUT2D eigenvalue weighted by atomic mass is 10.2. The van der Waals surface area contributed by atoms with E-state index in [0.717, 1.165) is 15.7 Å². The first-order chi connectivity index (χ1) is 11.3. The van der Waals surface area contributed by atoms with Crippen LogP contribution in [-0.2, 0) is 15.0 Å². The van der Waals surface area contributed by atoms with Crippen molar-refractivity contribution >= 4 is 21.8 Å². The minimum absolute atomic E-state index is 0.222. The number of hydrogen-bond donors (Lipinski definition) is 1. The first-order valence-corrected chi connectivity index (χ1v) is 9.12. The fourth-order valence-corrected chi connectivity index (χ4v) is 3.05. The molecule has 8 nitrogen and oxygen atoms in total. The molecule has 1 aromatic carbocycles. The maximum absolute atomic E-state index is 12.2. The third-order valence-electron chi connectivity index (χ3n) is 3.94. The van der Waals surface area contributed by atoms with E-state index in [9.17, 15) is 13.2 Å². The number of amides is 1. The third-order valence-corrected chi connectivity index (χ3v) is 5.42. The second kappa shape index (κ2) is 7.82. The molecule has 1 aliphatic heterocycles. The minimum atomic E-state index is -3.59. The zero-order valence-electron chi connectivity index (χ0n) is 14.2. The standard InChI is InChI=1S/C15H24N4O4S/c1-17(2)24(21,22)16-12-15(20)19-10-8-18(9-11-19)13-6-4-5-7-14(13)23-3/h4-7,16H,8-12H2,1-3H3. The molecule has 1 amide bonds. The maximum atomic E-state index is 12.2. The van der Waals surface area contributed by atoms with Gasteiger partial charge in [0.2, 0.25) is 5.91 Å². The summed E-state index contributed by atoms with van der Waals surface area (Å²) in [4.78, 5) is 16.0. The molecule has 134 valence electrons. The summed E-state index contributed by atoms with van der Waals surface area (Å²) in [7, 11) is 0.880. The Balaban J connectivity index is 1.89. The third kappa shape index (κ3) is 4.37. The van der Waals surface area contributed by atoms with Crippen molar-refractivity contribution in [1.82, 2.24) is 13.9 Å². The summed E-state index contributed by atoms with van der Waals surface area (Å²) in [6.45, 7) is 2.20. The van der Waals surface area contributed by atoms with Crippen LogP contribution >= 0.6 is 0 Å². The van der Waals surface area contributed by atoms with Crippen LogP contribution in [0.15, 0.2) is 24.3 Å². The van der Waals surface area contributed by atoms with Crippen LogP contribution in [0.5, 0.6) is 5.75 Å². The van der Waals surface area contributed by atoms with Crippen LogP contribution in [0.1, 0.15) is 0 Å². The van der Waals surface area contributed by atoms with Gasteiger partial charge in [-0.05, 0) is 12.1 Å². The first kappa shape index (κ1) is 18.5. The molecule has 1 aromatic rings. The summed E-state index contributed by atoms with van der Waals surface area (Å²) in [5.41, 5.74) is 1.00. The molecule has 0 aromatic heterocycles. The number of hydrogen-bond acceptors (Lipinski definition) is 5. The Bertz CT molecular complexity index is 670. The fourth-order valence-electron chi connectivity index (χ4n) is 2.48. The average molecular weight is 356 g/mol. The monoisotopic (exact) mass is 356 g/mol. The summed E-state index contributed by atoms with van der Waals surface area (Å²) >= 11 is 0. The molecule has 1 fully saturated rings. The summed E-state index contributed by atoms with van der Waals surface area (Å²) in [5, 5.41) is 0. The van der Waals surface area contributed by atoms with E-state index in [1.54, 1.807) is 12.0 Å². The Morgan fingerprint density at radius 3 is 2.42 bits per heavy atom. The highest BCUT2D eigenvalue weighted by Gasteiger charge is 2.24. The zero-order valence-corrected chi connectivity index (χ0v) is 15.0. The van der Waals surface area contributed by atoms with Crippen molar-refractivity contribution < 1.29 is 17.9 Å². The van der Waals surface area contributed by atoms with Gasteiger partial charge < -0.3 is 14.5 Å². The van der Waals surface area contributed by atoms with Crippen molar-refractivity contribution in [2.75, 3.05) is 58.8 Å². The van der Waals surface area contributed by atoms with Crippen LogP contribution in [0.3, 0.4) is 0 Å². The van der Waals surface area contributed by atoms with Crippen molar-refractivity contribution in [3.8, 4) is 5.75 Å². The Kier molecular flexibility index (Phi) is 6.03. The molecule has 2 rings (SSSR count).